The smallest absolute Gasteiger partial charge is 0.0462 e. The van der Waals surface area contributed by atoms with E-state index in [4.69, 9.17) is 0 Å². The third-order valence-corrected chi connectivity index (χ3v) is 9.42. The minimum absolute atomic E-state index is 1.12. The van der Waals surface area contributed by atoms with Crippen LogP contribution in [0.3, 0.4) is 0 Å². The summed E-state index contributed by atoms with van der Waals surface area (Å²) >= 11 is 0. The molecule has 0 bridgehead atoms. The molecule has 0 aliphatic heterocycles. The first-order chi connectivity index (χ1) is 23.3. The summed E-state index contributed by atoms with van der Waals surface area (Å²) in [6.45, 7) is 0. The molecule has 1 heteroatoms. The van der Waals surface area contributed by atoms with Crippen LogP contribution in [0.15, 0.2) is 188 Å². The summed E-state index contributed by atoms with van der Waals surface area (Å²) in [6.07, 6.45) is 0. The molecule has 0 saturated carbocycles. The van der Waals surface area contributed by atoms with Gasteiger partial charge in [-0.15, -0.1) is 0 Å². The Labute approximate surface area is 274 Å². The van der Waals surface area contributed by atoms with E-state index in [1.165, 1.54) is 65.3 Å². The van der Waals surface area contributed by atoms with Crippen molar-refractivity contribution in [3.63, 3.8) is 0 Å². The van der Waals surface area contributed by atoms with Crippen LogP contribution in [-0.2, 0) is 0 Å². The third-order valence-electron chi connectivity index (χ3n) is 9.42. The van der Waals surface area contributed by atoms with E-state index in [1.807, 2.05) is 0 Å². The number of rotatable bonds is 5. The molecule has 9 rings (SSSR count). The van der Waals surface area contributed by atoms with E-state index < -0.39 is 0 Å². The molecule has 0 unspecified atom stereocenters. The molecule has 9 aromatic rings. The highest BCUT2D eigenvalue weighted by atomic mass is 15.1. The standard InChI is InChI=1S/C46H31N/c1-2-12-38(13-3-1)47(39-25-20-32(21-26-39)35-24-29-43-37(30-35)19-18-33-10-4-6-14-41(33)43)40-27-22-34(23-28-40)46-31-36-11-5-7-15-42(36)44-16-8-9-17-45(44)46/h1-31H. The van der Waals surface area contributed by atoms with Gasteiger partial charge >= 0.3 is 0 Å². The largest absolute Gasteiger partial charge is 0.311 e. The number of fused-ring (bicyclic) bond motifs is 6. The Hall–Kier alpha value is -6.18. The molecule has 0 fully saturated rings. The maximum atomic E-state index is 2.33. The fourth-order valence-electron chi connectivity index (χ4n) is 7.10. The van der Waals surface area contributed by atoms with Gasteiger partial charge in [-0.3, -0.25) is 0 Å². The number of hydrogen-bond donors (Lipinski definition) is 0. The zero-order chi connectivity index (χ0) is 31.2. The zero-order valence-corrected chi connectivity index (χ0v) is 25.8. The minimum atomic E-state index is 1.12. The second-order valence-corrected chi connectivity index (χ2v) is 12.2. The lowest BCUT2D eigenvalue weighted by molar-refractivity contribution is 1.28. The predicted molar refractivity (Wildman–Crippen MR) is 202 cm³/mol. The van der Waals surface area contributed by atoms with Crippen molar-refractivity contribution in [2.45, 2.75) is 0 Å². The number of para-hydroxylation sites is 1. The lowest BCUT2D eigenvalue weighted by Crippen LogP contribution is -2.09. The highest BCUT2D eigenvalue weighted by Gasteiger charge is 2.14. The molecule has 0 aromatic heterocycles. The predicted octanol–water partition coefficient (Wildman–Crippen LogP) is 13.1. The topological polar surface area (TPSA) is 3.24 Å². The van der Waals surface area contributed by atoms with Crippen LogP contribution in [0.1, 0.15) is 0 Å². The first-order valence-electron chi connectivity index (χ1n) is 16.2. The van der Waals surface area contributed by atoms with E-state index in [1.54, 1.807) is 0 Å². The molecule has 0 heterocycles. The molecule has 0 aliphatic carbocycles. The van der Waals surface area contributed by atoms with Crippen LogP contribution in [0.4, 0.5) is 17.1 Å². The van der Waals surface area contributed by atoms with Crippen LogP contribution in [0.2, 0.25) is 0 Å². The highest BCUT2D eigenvalue weighted by Crippen LogP contribution is 2.39. The summed E-state index contributed by atoms with van der Waals surface area (Å²) < 4.78 is 0. The van der Waals surface area contributed by atoms with Gasteiger partial charge in [0.25, 0.3) is 0 Å². The van der Waals surface area contributed by atoms with Crippen LogP contribution >= 0.6 is 0 Å². The molecule has 0 radical (unpaired) electrons. The molecule has 0 amide bonds. The van der Waals surface area contributed by atoms with Gasteiger partial charge in [-0.2, -0.15) is 0 Å². The molecule has 220 valence electrons. The average Bonchev–Trinajstić information content (AvgIpc) is 3.15. The van der Waals surface area contributed by atoms with Crippen molar-refractivity contribution in [1.82, 2.24) is 0 Å². The zero-order valence-electron chi connectivity index (χ0n) is 25.8. The fraction of sp³-hybridized carbons (Fsp3) is 0. The molecular formula is C46H31N. The number of anilines is 3. The summed E-state index contributed by atoms with van der Waals surface area (Å²) in [5.74, 6) is 0. The Bertz CT molecular complexity index is 2550. The van der Waals surface area contributed by atoms with E-state index in [-0.39, 0.29) is 0 Å². The quantitative estimate of drug-likeness (QED) is 0.178. The second-order valence-electron chi connectivity index (χ2n) is 12.2. The highest BCUT2D eigenvalue weighted by molar-refractivity contribution is 6.14. The summed E-state index contributed by atoms with van der Waals surface area (Å²) in [5, 5.41) is 10.2. The van der Waals surface area contributed by atoms with Gasteiger partial charge in [-0.1, -0.05) is 140 Å². The van der Waals surface area contributed by atoms with Gasteiger partial charge in [0.2, 0.25) is 0 Å². The molecule has 9 aromatic carbocycles. The average molecular weight is 598 g/mol. The van der Waals surface area contributed by atoms with Crippen molar-refractivity contribution >= 4 is 60.2 Å². The van der Waals surface area contributed by atoms with Crippen molar-refractivity contribution in [3.8, 4) is 22.3 Å². The van der Waals surface area contributed by atoms with Crippen LogP contribution in [0.5, 0.6) is 0 Å². The fourth-order valence-corrected chi connectivity index (χ4v) is 7.10. The SMILES string of the molecule is c1ccc(N(c2ccc(-c3ccc4c(ccc5ccccc54)c3)cc2)c2ccc(-c3cc4ccccc4c4ccccc34)cc2)cc1. The Morgan fingerprint density at radius 1 is 0.255 bits per heavy atom. The Morgan fingerprint density at radius 2 is 0.723 bits per heavy atom. The Balaban J connectivity index is 1.09. The van der Waals surface area contributed by atoms with Gasteiger partial charge in [0.1, 0.15) is 0 Å². The van der Waals surface area contributed by atoms with Gasteiger partial charge < -0.3 is 4.90 Å². The number of benzene rings is 9. The Kier molecular flexibility index (Phi) is 6.54. The number of hydrogen-bond acceptors (Lipinski definition) is 1. The van der Waals surface area contributed by atoms with Gasteiger partial charge in [0, 0.05) is 17.1 Å². The van der Waals surface area contributed by atoms with Crippen molar-refractivity contribution < 1.29 is 0 Å². The molecule has 47 heavy (non-hydrogen) atoms. The molecule has 0 spiro atoms. The van der Waals surface area contributed by atoms with E-state index in [2.05, 4.69) is 193 Å². The lowest BCUT2D eigenvalue weighted by Gasteiger charge is -2.26. The molecule has 1 nitrogen and oxygen atoms in total. The van der Waals surface area contributed by atoms with Crippen LogP contribution < -0.4 is 4.90 Å². The van der Waals surface area contributed by atoms with Crippen molar-refractivity contribution in [2.24, 2.45) is 0 Å². The van der Waals surface area contributed by atoms with Gasteiger partial charge in [-0.05, 0) is 114 Å². The van der Waals surface area contributed by atoms with E-state index >= 15 is 0 Å². The minimum Gasteiger partial charge on any atom is -0.311 e. The van der Waals surface area contributed by atoms with E-state index in [9.17, 15) is 0 Å². The summed E-state index contributed by atoms with van der Waals surface area (Å²) in [6, 6.07) is 68.2. The van der Waals surface area contributed by atoms with Gasteiger partial charge in [0.15, 0.2) is 0 Å². The molecule has 0 aliphatic rings. The van der Waals surface area contributed by atoms with E-state index in [0.29, 0.717) is 0 Å². The molecule has 0 saturated heterocycles. The van der Waals surface area contributed by atoms with Gasteiger partial charge in [0.05, 0.1) is 0 Å². The summed E-state index contributed by atoms with van der Waals surface area (Å²) in [7, 11) is 0. The molecular weight excluding hydrogens is 567 g/mol. The van der Waals surface area contributed by atoms with Gasteiger partial charge in [-0.25, -0.2) is 0 Å². The monoisotopic (exact) mass is 597 g/mol. The molecule has 0 atom stereocenters. The number of nitrogens with zero attached hydrogens (tertiary/aromatic N) is 1. The Morgan fingerprint density at radius 3 is 1.45 bits per heavy atom. The van der Waals surface area contributed by atoms with E-state index in [0.717, 1.165) is 17.1 Å². The van der Waals surface area contributed by atoms with Crippen molar-refractivity contribution in [3.05, 3.63) is 188 Å². The molecule has 0 N–H and O–H groups in total. The van der Waals surface area contributed by atoms with Crippen LogP contribution in [-0.4, -0.2) is 0 Å². The first kappa shape index (κ1) is 27.2. The third kappa shape index (κ3) is 4.81. The van der Waals surface area contributed by atoms with Crippen LogP contribution in [0.25, 0.3) is 65.3 Å². The maximum absolute atomic E-state index is 2.33. The van der Waals surface area contributed by atoms with Crippen molar-refractivity contribution in [1.29, 1.82) is 0 Å². The van der Waals surface area contributed by atoms with Crippen molar-refractivity contribution in [2.75, 3.05) is 4.90 Å². The maximum Gasteiger partial charge on any atom is 0.0462 e. The van der Waals surface area contributed by atoms with Crippen LogP contribution in [0, 0.1) is 0 Å². The first-order valence-corrected chi connectivity index (χ1v) is 16.2. The summed E-state index contributed by atoms with van der Waals surface area (Å²) in [5.41, 5.74) is 8.26. The lowest BCUT2D eigenvalue weighted by atomic mass is 9.93. The second kappa shape index (κ2) is 11.3. The normalized spacial score (nSPS) is 11.4. The summed E-state index contributed by atoms with van der Waals surface area (Å²) in [4.78, 5) is 2.33.